The van der Waals surface area contributed by atoms with E-state index in [0.717, 1.165) is 0 Å². The number of hydrogen-bond donors (Lipinski definition) is 2. The summed E-state index contributed by atoms with van der Waals surface area (Å²) in [6.45, 7) is 3.54. The summed E-state index contributed by atoms with van der Waals surface area (Å²) in [5, 5.41) is 5.78. The van der Waals surface area contributed by atoms with Gasteiger partial charge in [0.05, 0.1) is 17.3 Å². The molecule has 0 saturated heterocycles. The lowest BCUT2D eigenvalue weighted by atomic mass is 10.1. The first kappa shape index (κ1) is 20.0. The van der Waals surface area contributed by atoms with Crippen molar-refractivity contribution in [2.24, 2.45) is 0 Å². The van der Waals surface area contributed by atoms with Gasteiger partial charge in [-0.3, -0.25) is 0 Å². The maximum Gasteiger partial charge on any atom is 0.319 e. The van der Waals surface area contributed by atoms with Gasteiger partial charge < -0.3 is 20.1 Å². The van der Waals surface area contributed by atoms with E-state index >= 15 is 0 Å². The number of nitrogens with one attached hydrogen (secondary N) is 2. The number of anilines is 1. The minimum absolute atomic E-state index is 0.283. The maximum atomic E-state index is 13.6. The Bertz CT molecular complexity index is 728. The van der Waals surface area contributed by atoms with Gasteiger partial charge in [-0.05, 0) is 37.1 Å². The van der Waals surface area contributed by atoms with Crippen LogP contribution in [-0.4, -0.2) is 32.4 Å². The number of amides is 2. The van der Waals surface area contributed by atoms with Crippen molar-refractivity contribution in [1.82, 2.24) is 5.32 Å². The van der Waals surface area contributed by atoms with Crippen LogP contribution < -0.4 is 15.4 Å². The second-order valence-electron chi connectivity index (χ2n) is 5.38. The third kappa shape index (κ3) is 6.20. The highest BCUT2D eigenvalue weighted by atomic mass is 35.5. The Balaban J connectivity index is 1.87. The molecule has 0 heterocycles. The summed E-state index contributed by atoms with van der Waals surface area (Å²) in [4.78, 5) is 12.1. The molecule has 0 aliphatic rings. The number of halogens is 2. The van der Waals surface area contributed by atoms with Crippen LogP contribution in [0.5, 0.6) is 5.75 Å². The topological polar surface area (TPSA) is 59.6 Å². The fourth-order valence-corrected chi connectivity index (χ4v) is 2.51. The number of ether oxygens (including phenoxy) is 2. The summed E-state index contributed by atoms with van der Waals surface area (Å²) in [6, 6.07) is 11.1. The standard InChI is InChI=1S/C19H22ClFN2O3/c1-2-25-12-13-26-18-15(20)7-5-9-17(18)23-19(24)22-11-10-14-6-3-4-8-16(14)21/h3-9H,2,10-13H2,1H3,(H2,22,23,24). The van der Waals surface area contributed by atoms with Crippen LogP contribution in [0.3, 0.4) is 0 Å². The zero-order chi connectivity index (χ0) is 18.8. The zero-order valence-corrected chi connectivity index (χ0v) is 15.3. The van der Waals surface area contributed by atoms with E-state index in [9.17, 15) is 9.18 Å². The van der Waals surface area contributed by atoms with Crippen LogP contribution in [0.4, 0.5) is 14.9 Å². The molecule has 0 saturated carbocycles. The van der Waals surface area contributed by atoms with E-state index in [-0.39, 0.29) is 5.82 Å². The minimum atomic E-state index is -0.418. The third-order valence-corrected chi connectivity index (χ3v) is 3.83. The van der Waals surface area contributed by atoms with Gasteiger partial charge >= 0.3 is 6.03 Å². The Kier molecular flexibility index (Phi) is 8.18. The van der Waals surface area contributed by atoms with Crippen LogP contribution in [0.1, 0.15) is 12.5 Å². The van der Waals surface area contributed by atoms with Gasteiger partial charge in [0.15, 0.2) is 5.75 Å². The van der Waals surface area contributed by atoms with Crippen LogP contribution in [0.2, 0.25) is 5.02 Å². The summed E-state index contributed by atoms with van der Waals surface area (Å²) in [6.07, 6.45) is 0.396. The van der Waals surface area contributed by atoms with Crippen LogP contribution in [-0.2, 0) is 11.2 Å². The molecular weight excluding hydrogens is 359 g/mol. The molecule has 2 rings (SSSR count). The Morgan fingerprint density at radius 3 is 2.73 bits per heavy atom. The molecule has 0 spiro atoms. The molecule has 0 radical (unpaired) electrons. The molecule has 0 atom stereocenters. The largest absolute Gasteiger partial charge is 0.487 e. The molecule has 26 heavy (non-hydrogen) atoms. The monoisotopic (exact) mass is 380 g/mol. The van der Waals surface area contributed by atoms with Gasteiger partial charge in [0.1, 0.15) is 12.4 Å². The summed E-state index contributed by atoms with van der Waals surface area (Å²) in [7, 11) is 0. The minimum Gasteiger partial charge on any atom is -0.487 e. The number of rotatable bonds is 9. The molecule has 0 aliphatic heterocycles. The molecule has 0 unspecified atom stereocenters. The van der Waals surface area contributed by atoms with Gasteiger partial charge in [0.2, 0.25) is 0 Å². The molecule has 2 aromatic carbocycles. The van der Waals surface area contributed by atoms with Crippen molar-refractivity contribution in [2.75, 3.05) is 31.7 Å². The SMILES string of the molecule is CCOCCOc1c(Cl)cccc1NC(=O)NCCc1ccccc1F. The Hall–Kier alpha value is -2.31. The normalized spacial score (nSPS) is 10.4. The lowest BCUT2D eigenvalue weighted by Gasteiger charge is -2.14. The second-order valence-corrected chi connectivity index (χ2v) is 5.79. The molecular formula is C19H22ClFN2O3. The summed E-state index contributed by atoms with van der Waals surface area (Å²) < 4.78 is 24.4. The van der Waals surface area contributed by atoms with Crippen molar-refractivity contribution >= 4 is 23.3 Å². The highest BCUT2D eigenvalue weighted by Gasteiger charge is 2.11. The summed E-state index contributed by atoms with van der Waals surface area (Å²) >= 11 is 6.15. The Labute approximate surface area is 157 Å². The van der Waals surface area contributed by atoms with Crippen LogP contribution >= 0.6 is 11.6 Å². The molecule has 0 aromatic heterocycles. The quantitative estimate of drug-likeness (QED) is 0.639. The van der Waals surface area contributed by atoms with E-state index in [2.05, 4.69) is 10.6 Å². The van der Waals surface area contributed by atoms with E-state index in [4.69, 9.17) is 21.1 Å². The lowest BCUT2D eigenvalue weighted by molar-refractivity contribution is 0.110. The van der Waals surface area contributed by atoms with E-state index < -0.39 is 6.03 Å². The highest BCUT2D eigenvalue weighted by molar-refractivity contribution is 6.32. The smallest absolute Gasteiger partial charge is 0.319 e. The van der Waals surface area contributed by atoms with Crippen LogP contribution in [0.15, 0.2) is 42.5 Å². The summed E-state index contributed by atoms with van der Waals surface area (Å²) in [5.41, 5.74) is 1.01. The van der Waals surface area contributed by atoms with Gasteiger partial charge in [0.25, 0.3) is 0 Å². The van der Waals surface area contributed by atoms with Crippen LogP contribution in [0.25, 0.3) is 0 Å². The molecule has 7 heteroatoms. The Morgan fingerprint density at radius 2 is 1.96 bits per heavy atom. The fourth-order valence-electron chi connectivity index (χ4n) is 2.28. The van der Waals surface area contributed by atoms with Gasteiger partial charge in [-0.25, -0.2) is 9.18 Å². The Morgan fingerprint density at radius 1 is 1.15 bits per heavy atom. The van der Waals surface area contributed by atoms with E-state index in [1.807, 2.05) is 6.92 Å². The number of carbonyl (C=O) groups excluding carboxylic acids is 1. The fraction of sp³-hybridized carbons (Fsp3) is 0.316. The number of urea groups is 1. The van der Waals surface area contributed by atoms with Gasteiger partial charge in [-0.15, -0.1) is 0 Å². The van der Waals surface area contributed by atoms with Crippen molar-refractivity contribution in [3.63, 3.8) is 0 Å². The highest BCUT2D eigenvalue weighted by Crippen LogP contribution is 2.32. The second kappa shape index (κ2) is 10.6. The maximum absolute atomic E-state index is 13.6. The summed E-state index contributed by atoms with van der Waals surface area (Å²) in [5.74, 6) is 0.104. The average Bonchev–Trinajstić information content (AvgIpc) is 2.62. The first-order valence-electron chi connectivity index (χ1n) is 8.39. The molecule has 2 N–H and O–H groups in total. The van der Waals surface area contributed by atoms with Crippen molar-refractivity contribution in [2.45, 2.75) is 13.3 Å². The van der Waals surface area contributed by atoms with Gasteiger partial charge in [0, 0.05) is 13.2 Å². The molecule has 5 nitrogen and oxygen atoms in total. The number of para-hydroxylation sites is 1. The van der Waals surface area contributed by atoms with Crippen molar-refractivity contribution in [3.8, 4) is 5.75 Å². The predicted octanol–water partition coefficient (Wildman–Crippen LogP) is 4.26. The van der Waals surface area contributed by atoms with Gasteiger partial charge in [-0.1, -0.05) is 35.9 Å². The van der Waals surface area contributed by atoms with E-state index in [1.54, 1.807) is 36.4 Å². The third-order valence-electron chi connectivity index (χ3n) is 3.53. The molecule has 0 bridgehead atoms. The predicted molar refractivity (Wildman–Crippen MR) is 101 cm³/mol. The molecule has 0 fully saturated rings. The lowest BCUT2D eigenvalue weighted by Crippen LogP contribution is -2.30. The van der Waals surface area contributed by atoms with Crippen molar-refractivity contribution < 1.29 is 18.7 Å². The van der Waals surface area contributed by atoms with Crippen molar-refractivity contribution in [1.29, 1.82) is 0 Å². The number of benzene rings is 2. The van der Waals surface area contributed by atoms with E-state index in [0.29, 0.717) is 54.8 Å². The molecule has 2 amide bonds. The average molecular weight is 381 g/mol. The van der Waals surface area contributed by atoms with E-state index in [1.165, 1.54) is 6.07 Å². The van der Waals surface area contributed by atoms with Crippen molar-refractivity contribution in [3.05, 3.63) is 58.9 Å². The first-order valence-corrected chi connectivity index (χ1v) is 8.77. The molecule has 140 valence electrons. The number of hydrogen-bond acceptors (Lipinski definition) is 3. The molecule has 0 aliphatic carbocycles. The zero-order valence-electron chi connectivity index (χ0n) is 14.6. The van der Waals surface area contributed by atoms with Gasteiger partial charge in [-0.2, -0.15) is 0 Å². The molecule has 2 aromatic rings. The number of carbonyl (C=O) groups is 1. The van der Waals surface area contributed by atoms with Crippen LogP contribution in [0, 0.1) is 5.82 Å². The first-order chi connectivity index (χ1) is 12.6.